The molecule has 20 heavy (non-hydrogen) atoms. The first-order valence-electron chi connectivity index (χ1n) is 6.65. The Morgan fingerprint density at radius 2 is 2.10 bits per heavy atom. The van der Waals surface area contributed by atoms with Crippen molar-refractivity contribution in [1.29, 1.82) is 0 Å². The predicted molar refractivity (Wildman–Crippen MR) is 79.4 cm³/mol. The number of aromatic nitrogens is 2. The van der Waals surface area contributed by atoms with E-state index in [9.17, 15) is 4.79 Å². The summed E-state index contributed by atoms with van der Waals surface area (Å²) in [6, 6.07) is 12.3. The summed E-state index contributed by atoms with van der Waals surface area (Å²) in [5.74, 6) is 0.0280. The van der Waals surface area contributed by atoms with E-state index in [4.69, 9.17) is 0 Å². The molecule has 2 heterocycles. The molecule has 1 amide bonds. The third-order valence-corrected chi connectivity index (χ3v) is 4.47. The minimum absolute atomic E-state index is 0.0280. The molecule has 1 aliphatic carbocycles. The monoisotopic (exact) mass is 283 g/mol. The lowest BCUT2D eigenvalue weighted by molar-refractivity contribution is 0.0955. The molecule has 5 heteroatoms. The van der Waals surface area contributed by atoms with Gasteiger partial charge in [-0.1, -0.05) is 18.2 Å². The second-order valence-electron chi connectivity index (χ2n) is 5.00. The smallest absolute Gasteiger partial charge is 0.261 e. The molecule has 1 N–H and O–H groups in total. The number of carbonyl (C=O) groups is 1. The lowest BCUT2D eigenvalue weighted by Gasteiger charge is -2.00. The van der Waals surface area contributed by atoms with Crippen LogP contribution in [-0.2, 0) is 0 Å². The summed E-state index contributed by atoms with van der Waals surface area (Å²) in [7, 11) is 0. The lowest BCUT2D eigenvalue weighted by Crippen LogP contribution is -2.24. The second-order valence-corrected chi connectivity index (χ2v) is 6.06. The molecule has 2 aromatic heterocycles. The van der Waals surface area contributed by atoms with Crippen molar-refractivity contribution in [3.8, 4) is 5.00 Å². The minimum Gasteiger partial charge on any atom is -0.349 e. The maximum atomic E-state index is 12.0. The fourth-order valence-corrected chi connectivity index (χ4v) is 3.08. The topological polar surface area (TPSA) is 46.9 Å². The molecule has 3 aromatic rings. The van der Waals surface area contributed by atoms with Crippen molar-refractivity contribution in [1.82, 2.24) is 15.1 Å². The number of fused-ring (bicyclic) bond motifs is 1. The fourth-order valence-electron chi connectivity index (χ4n) is 2.20. The minimum atomic E-state index is 0.0280. The fraction of sp³-hybridized carbons (Fsp3) is 0.200. The Balaban J connectivity index is 1.68. The van der Waals surface area contributed by atoms with Crippen molar-refractivity contribution in [2.45, 2.75) is 18.9 Å². The molecular weight excluding hydrogens is 270 g/mol. The molecule has 0 spiro atoms. The van der Waals surface area contributed by atoms with Gasteiger partial charge in [-0.3, -0.25) is 4.79 Å². The zero-order chi connectivity index (χ0) is 13.5. The molecule has 1 fully saturated rings. The van der Waals surface area contributed by atoms with Crippen molar-refractivity contribution in [2.24, 2.45) is 0 Å². The van der Waals surface area contributed by atoms with Gasteiger partial charge in [0, 0.05) is 11.4 Å². The first kappa shape index (κ1) is 11.7. The van der Waals surface area contributed by atoms with E-state index in [2.05, 4.69) is 10.4 Å². The molecule has 0 unspecified atom stereocenters. The Kier molecular flexibility index (Phi) is 2.60. The molecule has 1 aromatic carbocycles. The number of para-hydroxylation sites is 1. The Hall–Kier alpha value is -2.14. The maximum absolute atomic E-state index is 12.0. The number of carbonyl (C=O) groups excluding carboxylic acids is 1. The van der Waals surface area contributed by atoms with Crippen molar-refractivity contribution in [3.63, 3.8) is 0 Å². The van der Waals surface area contributed by atoms with E-state index in [1.165, 1.54) is 11.3 Å². The van der Waals surface area contributed by atoms with Crippen molar-refractivity contribution in [2.75, 3.05) is 0 Å². The molecule has 4 rings (SSSR count). The number of hydrogen-bond acceptors (Lipinski definition) is 3. The number of amides is 1. The molecule has 0 radical (unpaired) electrons. The number of rotatable bonds is 3. The first-order chi connectivity index (χ1) is 9.81. The van der Waals surface area contributed by atoms with E-state index < -0.39 is 0 Å². The molecule has 4 nitrogen and oxygen atoms in total. The first-order valence-corrected chi connectivity index (χ1v) is 7.47. The quantitative estimate of drug-likeness (QED) is 0.803. The molecule has 0 bridgehead atoms. The highest BCUT2D eigenvalue weighted by molar-refractivity contribution is 7.16. The van der Waals surface area contributed by atoms with Gasteiger partial charge in [0.25, 0.3) is 5.91 Å². The van der Waals surface area contributed by atoms with Gasteiger partial charge in [-0.25, -0.2) is 4.68 Å². The average Bonchev–Trinajstić information content (AvgIpc) is 3.01. The van der Waals surface area contributed by atoms with E-state index in [-0.39, 0.29) is 5.91 Å². The highest BCUT2D eigenvalue weighted by Gasteiger charge is 2.24. The van der Waals surface area contributed by atoms with E-state index in [0.29, 0.717) is 6.04 Å². The molecule has 0 saturated heterocycles. The Labute approximate surface area is 120 Å². The Bertz CT molecular complexity index is 785. The van der Waals surface area contributed by atoms with Crippen LogP contribution >= 0.6 is 11.3 Å². The predicted octanol–water partition coefficient (Wildman–Crippen LogP) is 2.98. The molecule has 0 atom stereocenters. The van der Waals surface area contributed by atoms with Gasteiger partial charge in [0.2, 0.25) is 0 Å². The summed E-state index contributed by atoms with van der Waals surface area (Å²) in [4.78, 5) is 12.8. The van der Waals surface area contributed by atoms with Gasteiger partial charge < -0.3 is 5.32 Å². The SMILES string of the molecule is O=C(NC1CC1)c1ccc(-n2ncc3ccccc32)s1. The van der Waals surface area contributed by atoms with Gasteiger partial charge in [0.1, 0.15) is 5.00 Å². The van der Waals surface area contributed by atoms with Crippen LogP contribution < -0.4 is 5.32 Å². The summed E-state index contributed by atoms with van der Waals surface area (Å²) in [6.45, 7) is 0. The van der Waals surface area contributed by atoms with E-state index in [1.807, 2.05) is 47.3 Å². The van der Waals surface area contributed by atoms with Crippen LogP contribution in [0.1, 0.15) is 22.5 Å². The third-order valence-electron chi connectivity index (χ3n) is 3.41. The van der Waals surface area contributed by atoms with Crippen LogP contribution in [0.25, 0.3) is 15.9 Å². The average molecular weight is 283 g/mol. The van der Waals surface area contributed by atoms with E-state index >= 15 is 0 Å². The van der Waals surface area contributed by atoms with Crippen LogP contribution in [0.3, 0.4) is 0 Å². The molecule has 0 aliphatic heterocycles. The lowest BCUT2D eigenvalue weighted by atomic mass is 10.3. The van der Waals surface area contributed by atoms with Crippen LogP contribution in [-0.4, -0.2) is 21.7 Å². The molecule has 1 aliphatic rings. The Morgan fingerprint density at radius 3 is 2.95 bits per heavy atom. The number of benzene rings is 1. The normalized spacial score (nSPS) is 14.6. The largest absolute Gasteiger partial charge is 0.349 e. The summed E-state index contributed by atoms with van der Waals surface area (Å²) >= 11 is 1.47. The molecule has 100 valence electrons. The zero-order valence-corrected chi connectivity index (χ0v) is 11.6. The Morgan fingerprint density at radius 1 is 1.25 bits per heavy atom. The number of nitrogens with one attached hydrogen (secondary N) is 1. The molecular formula is C15H13N3OS. The summed E-state index contributed by atoms with van der Waals surface area (Å²) in [5.41, 5.74) is 1.06. The standard InChI is InChI=1S/C15H13N3OS/c19-15(17-11-5-6-11)13-7-8-14(20-13)18-12-4-2-1-3-10(12)9-16-18/h1-4,7-9,11H,5-6H2,(H,17,19). The van der Waals surface area contributed by atoms with Gasteiger partial charge in [-0.2, -0.15) is 5.10 Å². The van der Waals surface area contributed by atoms with E-state index in [0.717, 1.165) is 33.6 Å². The van der Waals surface area contributed by atoms with Crippen LogP contribution in [0, 0.1) is 0 Å². The van der Waals surface area contributed by atoms with Gasteiger partial charge in [-0.15, -0.1) is 11.3 Å². The number of hydrogen-bond donors (Lipinski definition) is 1. The highest BCUT2D eigenvalue weighted by Crippen LogP contribution is 2.26. The summed E-state index contributed by atoms with van der Waals surface area (Å²) in [6.07, 6.45) is 4.06. The van der Waals surface area contributed by atoms with E-state index in [1.54, 1.807) is 0 Å². The van der Waals surface area contributed by atoms with Gasteiger partial charge in [0.15, 0.2) is 0 Å². The summed E-state index contributed by atoms with van der Waals surface area (Å²) < 4.78 is 1.88. The second kappa shape index (κ2) is 4.45. The highest BCUT2D eigenvalue weighted by atomic mass is 32.1. The van der Waals surface area contributed by atoms with Crippen LogP contribution in [0.5, 0.6) is 0 Å². The zero-order valence-electron chi connectivity index (χ0n) is 10.7. The number of thiophene rings is 1. The van der Waals surface area contributed by atoms with Crippen LogP contribution in [0.4, 0.5) is 0 Å². The maximum Gasteiger partial charge on any atom is 0.261 e. The van der Waals surface area contributed by atoms with Crippen molar-refractivity contribution in [3.05, 3.63) is 47.5 Å². The van der Waals surface area contributed by atoms with Crippen LogP contribution in [0.15, 0.2) is 42.6 Å². The van der Waals surface area contributed by atoms with Gasteiger partial charge in [0.05, 0.1) is 16.6 Å². The van der Waals surface area contributed by atoms with Crippen molar-refractivity contribution >= 4 is 28.1 Å². The van der Waals surface area contributed by atoms with Crippen molar-refractivity contribution < 1.29 is 4.79 Å². The summed E-state index contributed by atoms with van der Waals surface area (Å²) in [5, 5.41) is 9.48. The third kappa shape index (κ3) is 2.00. The van der Waals surface area contributed by atoms with Gasteiger partial charge >= 0.3 is 0 Å². The number of nitrogens with zero attached hydrogens (tertiary/aromatic N) is 2. The van der Waals surface area contributed by atoms with Gasteiger partial charge in [-0.05, 0) is 31.0 Å². The molecule has 1 saturated carbocycles. The van der Waals surface area contributed by atoms with Crippen LogP contribution in [0.2, 0.25) is 0 Å².